The van der Waals surface area contributed by atoms with E-state index in [0.717, 1.165) is 11.3 Å². The molecule has 3 rings (SSSR count). The fourth-order valence-electron chi connectivity index (χ4n) is 2.67. The molecule has 136 valence electrons. The van der Waals surface area contributed by atoms with E-state index in [-0.39, 0.29) is 0 Å². The zero-order valence-electron chi connectivity index (χ0n) is 15.2. The molecule has 26 heavy (non-hydrogen) atoms. The van der Waals surface area contributed by atoms with Gasteiger partial charge in [-0.3, -0.25) is 0 Å². The molecule has 0 unspecified atom stereocenters. The Kier molecular flexibility index (Phi) is 5.31. The predicted molar refractivity (Wildman–Crippen MR) is 98.2 cm³/mol. The molecule has 3 aromatic rings. The van der Waals surface area contributed by atoms with Gasteiger partial charge in [0.1, 0.15) is 17.2 Å². The highest BCUT2D eigenvalue weighted by atomic mass is 16.5. The van der Waals surface area contributed by atoms with Crippen molar-refractivity contribution < 1.29 is 23.5 Å². The maximum Gasteiger partial charge on any atom is 0.172 e. The topological polar surface area (TPSA) is 63.0 Å². The van der Waals surface area contributed by atoms with Gasteiger partial charge < -0.3 is 23.5 Å². The van der Waals surface area contributed by atoms with E-state index in [1.54, 1.807) is 27.4 Å². The number of nitrogens with zero attached hydrogens (tertiary/aromatic N) is 1. The van der Waals surface area contributed by atoms with Crippen molar-refractivity contribution in [3.05, 3.63) is 42.5 Å². The van der Waals surface area contributed by atoms with Crippen molar-refractivity contribution in [2.24, 2.45) is 0 Å². The van der Waals surface area contributed by atoms with Gasteiger partial charge >= 0.3 is 0 Å². The molecule has 0 amide bonds. The van der Waals surface area contributed by atoms with Crippen molar-refractivity contribution in [3.63, 3.8) is 0 Å². The molecule has 0 atom stereocenters. The van der Waals surface area contributed by atoms with Crippen LogP contribution in [0.5, 0.6) is 23.0 Å². The van der Waals surface area contributed by atoms with Crippen molar-refractivity contribution in [1.29, 1.82) is 0 Å². The van der Waals surface area contributed by atoms with Crippen molar-refractivity contribution in [1.82, 2.24) is 5.16 Å². The van der Waals surface area contributed by atoms with E-state index >= 15 is 0 Å². The van der Waals surface area contributed by atoms with Gasteiger partial charge in [0.15, 0.2) is 17.3 Å². The fraction of sp³-hybridized carbons (Fsp3) is 0.250. The molecule has 0 N–H and O–H groups in total. The largest absolute Gasteiger partial charge is 0.497 e. The second kappa shape index (κ2) is 7.82. The minimum absolute atomic E-state index is 0.556. The minimum atomic E-state index is 0.556. The molecule has 6 heteroatoms. The van der Waals surface area contributed by atoms with Crippen LogP contribution >= 0.6 is 0 Å². The van der Waals surface area contributed by atoms with Crippen LogP contribution in [0, 0.1) is 0 Å². The van der Waals surface area contributed by atoms with E-state index in [1.807, 2.05) is 43.3 Å². The van der Waals surface area contributed by atoms with Crippen LogP contribution in [0.4, 0.5) is 0 Å². The SMILES string of the molecule is CCOc1ccc(-c2cc(-c3cc(OC)cc(OC)c3OC)on2)cc1. The first-order chi connectivity index (χ1) is 12.7. The summed E-state index contributed by atoms with van der Waals surface area (Å²) in [4.78, 5) is 0. The van der Waals surface area contributed by atoms with Crippen LogP contribution in [0.15, 0.2) is 47.0 Å². The van der Waals surface area contributed by atoms with Gasteiger partial charge in [-0.25, -0.2) is 0 Å². The van der Waals surface area contributed by atoms with Crippen LogP contribution in [0.25, 0.3) is 22.6 Å². The number of benzene rings is 2. The highest BCUT2D eigenvalue weighted by Gasteiger charge is 2.19. The Morgan fingerprint density at radius 3 is 2.27 bits per heavy atom. The molecule has 1 aromatic heterocycles. The lowest BCUT2D eigenvalue weighted by atomic mass is 10.1. The van der Waals surface area contributed by atoms with E-state index in [9.17, 15) is 0 Å². The predicted octanol–water partition coefficient (Wildman–Crippen LogP) is 4.43. The van der Waals surface area contributed by atoms with E-state index < -0.39 is 0 Å². The minimum Gasteiger partial charge on any atom is -0.497 e. The van der Waals surface area contributed by atoms with Crippen LogP contribution in [0.3, 0.4) is 0 Å². The Bertz CT molecular complexity index is 870. The van der Waals surface area contributed by atoms with Gasteiger partial charge in [0, 0.05) is 17.7 Å². The molecule has 6 nitrogen and oxygen atoms in total. The van der Waals surface area contributed by atoms with Gasteiger partial charge in [-0.2, -0.15) is 0 Å². The average molecular weight is 355 g/mol. The smallest absolute Gasteiger partial charge is 0.172 e. The van der Waals surface area contributed by atoms with Crippen LogP contribution in [0.2, 0.25) is 0 Å². The first-order valence-electron chi connectivity index (χ1n) is 8.20. The molecule has 0 aliphatic carbocycles. The Labute approximate surface area is 152 Å². The van der Waals surface area contributed by atoms with Crippen LogP contribution in [-0.4, -0.2) is 33.1 Å². The average Bonchev–Trinajstić information content (AvgIpc) is 3.17. The lowest BCUT2D eigenvalue weighted by Crippen LogP contribution is -1.95. The van der Waals surface area contributed by atoms with Gasteiger partial charge in [-0.05, 0) is 37.3 Å². The van der Waals surface area contributed by atoms with Crippen LogP contribution in [0.1, 0.15) is 6.92 Å². The Morgan fingerprint density at radius 1 is 0.885 bits per heavy atom. The van der Waals surface area contributed by atoms with Gasteiger partial charge in [0.25, 0.3) is 0 Å². The third-order valence-electron chi connectivity index (χ3n) is 3.92. The normalized spacial score (nSPS) is 10.5. The van der Waals surface area contributed by atoms with Crippen molar-refractivity contribution >= 4 is 0 Å². The molecule has 0 saturated heterocycles. The van der Waals surface area contributed by atoms with E-state index in [0.29, 0.717) is 40.9 Å². The number of aromatic nitrogens is 1. The summed E-state index contributed by atoms with van der Waals surface area (Å²) >= 11 is 0. The number of hydrogen-bond acceptors (Lipinski definition) is 6. The monoisotopic (exact) mass is 355 g/mol. The van der Waals surface area contributed by atoms with E-state index in [4.69, 9.17) is 23.5 Å². The lowest BCUT2D eigenvalue weighted by Gasteiger charge is -2.12. The third kappa shape index (κ3) is 3.44. The molecule has 0 saturated carbocycles. The maximum absolute atomic E-state index is 5.55. The highest BCUT2D eigenvalue weighted by molar-refractivity contribution is 5.75. The molecule has 0 spiro atoms. The lowest BCUT2D eigenvalue weighted by molar-refractivity contribution is 0.340. The zero-order chi connectivity index (χ0) is 18.5. The number of methoxy groups -OCH3 is 3. The number of hydrogen-bond donors (Lipinski definition) is 0. The van der Waals surface area contributed by atoms with Crippen molar-refractivity contribution in [2.45, 2.75) is 6.92 Å². The summed E-state index contributed by atoms with van der Waals surface area (Å²) in [6.07, 6.45) is 0. The van der Waals surface area contributed by atoms with Crippen molar-refractivity contribution in [3.8, 4) is 45.6 Å². The molecule has 0 aliphatic rings. The van der Waals surface area contributed by atoms with Gasteiger partial charge in [0.05, 0.1) is 33.5 Å². The maximum atomic E-state index is 5.55. The summed E-state index contributed by atoms with van der Waals surface area (Å²) in [6.45, 7) is 2.58. The third-order valence-corrected chi connectivity index (χ3v) is 3.92. The Balaban J connectivity index is 1.99. The standard InChI is InChI=1S/C20H21NO5/c1-5-25-14-8-6-13(7-9-14)17-12-18(26-21-17)16-10-15(22-2)11-19(23-3)20(16)24-4/h6-12H,5H2,1-4H3. The quantitative estimate of drug-likeness (QED) is 0.625. The second-order valence-electron chi connectivity index (χ2n) is 5.44. The molecule has 0 aliphatic heterocycles. The Morgan fingerprint density at radius 2 is 1.65 bits per heavy atom. The molecule has 0 bridgehead atoms. The summed E-state index contributed by atoms with van der Waals surface area (Å²) in [6, 6.07) is 13.1. The summed E-state index contributed by atoms with van der Waals surface area (Å²) < 4.78 is 27.2. The van der Waals surface area contributed by atoms with Crippen LogP contribution < -0.4 is 18.9 Å². The molecule has 0 radical (unpaired) electrons. The molecule has 1 heterocycles. The Hall–Kier alpha value is -3.15. The first-order valence-corrected chi connectivity index (χ1v) is 8.20. The summed E-state index contributed by atoms with van der Waals surface area (Å²) in [7, 11) is 4.75. The summed E-state index contributed by atoms with van der Waals surface area (Å²) in [5.41, 5.74) is 2.34. The second-order valence-corrected chi connectivity index (χ2v) is 5.44. The highest BCUT2D eigenvalue weighted by Crippen LogP contribution is 2.42. The molecule has 0 fully saturated rings. The number of ether oxygens (including phenoxy) is 4. The summed E-state index contributed by atoms with van der Waals surface area (Å²) in [5.74, 6) is 3.13. The van der Waals surface area contributed by atoms with Gasteiger partial charge in [-0.15, -0.1) is 0 Å². The zero-order valence-corrected chi connectivity index (χ0v) is 15.2. The molecular formula is C20H21NO5. The molecular weight excluding hydrogens is 334 g/mol. The fourth-order valence-corrected chi connectivity index (χ4v) is 2.67. The van der Waals surface area contributed by atoms with E-state index in [2.05, 4.69) is 5.16 Å². The van der Waals surface area contributed by atoms with Gasteiger partial charge in [-0.1, -0.05) is 5.16 Å². The number of rotatable bonds is 7. The van der Waals surface area contributed by atoms with Crippen LogP contribution in [-0.2, 0) is 0 Å². The van der Waals surface area contributed by atoms with Gasteiger partial charge in [0.2, 0.25) is 0 Å². The molecule has 2 aromatic carbocycles. The summed E-state index contributed by atoms with van der Waals surface area (Å²) in [5, 5.41) is 4.17. The van der Waals surface area contributed by atoms with E-state index in [1.165, 1.54) is 0 Å². The van der Waals surface area contributed by atoms with Crippen molar-refractivity contribution in [2.75, 3.05) is 27.9 Å². The first kappa shape index (κ1) is 17.7.